The van der Waals surface area contributed by atoms with Crippen molar-refractivity contribution in [3.8, 4) is 0 Å². The van der Waals surface area contributed by atoms with Crippen LogP contribution >= 0.6 is 23.4 Å². The van der Waals surface area contributed by atoms with Gasteiger partial charge in [-0.1, -0.05) is 38.3 Å². The third-order valence-corrected chi connectivity index (χ3v) is 5.11. The Morgan fingerprint density at radius 2 is 2.10 bits per heavy atom. The highest BCUT2D eigenvalue weighted by Crippen LogP contribution is 2.39. The van der Waals surface area contributed by atoms with Crippen molar-refractivity contribution < 1.29 is 4.79 Å². The van der Waals surface area contributed by atoms with E-state index in [9.17, 15) is 4.79 Å². The first-order valence-electron chi connectivity index (χ1n) is 7.67. The number of hydrogen-bond acceptors (Lipinski definition) is 3. The third kappa shape index (κ3) is 4.15. The molecule has 1 unspecified atom stereocenters. The lowest BCUT2D eigenvalue weighted by Gasteiger charge is -2.12. The number of hydrogen-bond donors (Lipinski definition) is 2. The van der Waals surface area contributed by atoms with Crippen molar-refractivity contribution in [1.82, 2.24) is 5.32 Å². The van der Waals surface area contributed by atoms with E-state index in [0.717, 1.165) is 39.9 Å². The van der Waals surface area contributed by atoms with Crippen molar-refractivity contribution in [1.29, 1.82) is 0 Å². The first-order chi connectivity index (χ1) is 10.2. The summed E-state index contributed by atoms with van der Waals surface area (Å²) in [6.07, 6.45) is 4.66. The summed E-state index contributed by atoms with van der Waals surface area (Å²) in [4.78, 5) is 13.1. The Kier molecular flexibility index (Phi) is 6.40. The highest BCUT2D eigenvalue weighted by molar-refractivity contribution is 7.99. The molecule has 0 saturated heterocycles. The molecule has 1 heterocycles. The smallest absolute Gasteiger partial charge is 0.246 e. The molecule has 2 N–H and O–H groups in total. The summed E-state index contributed by atoms with van der Waals surface area (Å²) in [5, 5.41) is 6.96. The quantitative estimate of drug-likeness (QED) is 0.541. The zero-order valence-electron chi connectivity index (χ0n) is 12.7. The Bertz CT molecular complexity index is 507. The van der Waals surface area contributed by atoms with Crippen LogP contribution < -0.4 is 10.6 Å². The molecule has 0 fully saturated rings. The van der Waals surface area contributed by atoms with Gasteiger partial charge in [0.1, 0.15) is 6.04 Å². The number of carbonyl (C=O) groups is 1. The topological polar surface area (TPSA) is 41.1 Å². The number of thioether (sulfide) groups is 1. The molecular formula is C16H23ClN2OS. The van der Waals surface area contributed by atoms with E-state index in [1.807, 2.05) is 12.1 Å². The molecule has 5 heteroatoms. The first kappa shape index (κ1) is 16.7. The van der Waals surface area contributed by atoms with Crippen molar-refractivity contribution in [2.45, 2.75) is 50.5 Å². The predicted molar refractivity (Wildman–Crippen MR) is 91.4 cm³/mol. The molecule has 1 amide bonds. The Morgan fingerprint density at radius 1 is 1.29 bits per heavy atom. The summed E-state index contributed by atoms with van der Waals surface area (Å²) in [7, 11) is 0. The third-order valence-electron chi connectivity index (χ3n) is 3.54. The second kappa shape index (κ2) is 8.06. The van der Waals surface area contributed by atoms with Gasteiger partial charge in [0.05, 0.1) is 5.02 Å². The average molecular weight is 327 g/mol. The highest BCUT2D eigenvalue weighted by atomic mass is 35.5. The summed E-state index contributed by atoms with van der Waals surface area (Å²) >= 11 is 8.15. The van der Waals surface area contributed by atoms with Crippen LogP contribution in [0.4, 0.5) is 5.69 Å². The maximum Gasteiger partial charge on any atom is 0.246 e. The monoisotopic (exact) mass is 326 g/mol. The van der Waals surface area contributed by atoms with Gasteiger partial charge in [0, 0.05) is 16.1 Å². The number of amides is 1. The number of rotatable bonds is 8. The summed E-state index contributed by atoms with van der Waals surface area (Å²) in [5.74, 6) is 1.08. The van der Waals surface area contributed by atoms with Gasteiger partial charge in [-0.2, -0.15) is 0 Å². The second-order valence-corrected chi connectivity index (χ2v) is 6.85. The molecule has 0 aliphatic carbocycles. The number of unbranched alkanes of at least 4 members (excludes halogenated alkanes) is 2. The number of carbonyl (C=O) groups excluding carboxylic acids is 1. The van der Waals surface area contributed by atoms with Gasteiger partial charge in [-0.15, -0.1) is 11.8 Å². The summed E-state index contributed by atoms with van der Waals surface area (Å²) < 4.78 is 0. The Labute approximate surface area is 136 Å². The van der Waals surface area contributed by atoms with Crippen LogP contribution in [0.25, 0.3) is 0 Å². The Hall–Kier alpha value is -0.710. The number of anilines is 1. The lowest BCUT2D eigenvalue weighted by Crippen LogP contribution is -2.27. The van der Waals surface area contributed by atoms with E-state index in [2.05, 4.69) is 24.5 Å². The second-order valence-electron chi connectivity index (χ2n) is 5.30. The first-order valence-corrected chi connectivity index (χ1v) is 9.04. The van der Waals surface area contributed by atoms with Gasteiger partial charge in [-0.3, -0.25) is 4.79 Å². The molecular weight excluding hydrogens is 304 g/mol. The molecule has 21 heavy (non-hydrogen) atoms. The minimum atomic E-state index is -0.267. The molecule has 0 radical (unpaired) electrons. The zero-order chi connectivity index (χ0) is 15.2. The molecule has 1 aliphatic rings. The number of nitrogens with one attached hydrogen (secondary N) is 2. The van der Waals surface area contributed by atoms with Gasteiger partial charge in [-0.05, 0) is 37.3 Å². The van der Waals surface area contributed by atoms with Gasteiger partial charge in [-0.25, -0.2) is 0 Å². The molecule has 1 atom stereocenters. The Balaban J connectivity index is 2.09. The lowest BCUT2D eigenvalue weighted by molar-refractivity contribution is -0.117. The molecule has 3 nitrogen and oxygen atoms in total. The van der Waals surface area contributed by atoms with E-state index in [4.69, 9.17) is 11.6 Å². The SMILES string of the molecule is CCCCCSc1cc2c(cc1Cl)C(NCCC)C(=O)N2. The molecule has 0 bridgehead atoms. The lowest BCUT2D eigenvalue weighted by atomic mass is 10.1. The maximum atomic E-state index is 12.0. The molecule has 2 rings (SSSR count). The largest absolute Gasteiger partial charge is 0.324 e. The maximum absolute atomic E-state index is 12.0. The van der Waals surface area contributed by atoms with Gasteiger partial charge in [0.15, 0.2) is 0 Å². The van der Waals surface area contributed by atoms with E-state index in [-0.39, 0.29) is 11.9 Å². The molecule has 0 spiro atoms. The van der Waals surface area contributed by atoms with Crippen LogP contribution in [-0.2, 0) is 4.79 Å². The van der Waals surface area contributed by atoms with Crippen molar-refractivity contribution >= 4 is 35.0 Å². The van der Waals surface area contributed by atoms with Gasteiger partial charge < -0.3 is 10.6 Å². The van der Waals surface area contributed by atoms with Crippen LogP contribution in [0, 0.1) is 0 Å². The standard InChI is InChI=1S/C16H23ClN2OS/c1-3-5-6-8-21-14-10-13-11(9-12(14)17)15(16(20)19-13)18-7-4-2/h9-10,15,18H,3-8H2,1-2H3,(H,19,20). The molecule has 0 saturated carbocycles. The van der Waals surface area contributed by atoms with Gasteiger partial charge in [0.25, 0.3) is 0 Å². The van der Waals surface area contributed by atoms with Crippen molar-refractivity contribution in [3.63, 3.8) is 0 Å². The van der Waals surface area contributed by atoms with Crippen LogP contribution in [0.2, 0.25) is 5.02 Å². The van der Waals surface area contributed by atoms with E-state index in [1.54, 1.807) is 11.8 Å². The molecule has 1 aromatic carbocycles. The van der Waals surface area contributed by atoms with E-state index >= 15 is 0 Å². The van der Waals surface area contributed by atoms with Crippen LogP contribution in [0.15, 0.2) is 17.0 Å². The normalized spacial score (nSPS) is 16.9. The minimum absolute atomic E-state index is 0.0163. The van der Waals surface area contributed by atoms with Crippen molar-refractivity contribution in [3.05, 3.63) is 22.7 Å². The fourth-order valence-electron chi connectivity index (χ4n) is 2.40. The van der Waals surface area contributed by atoms with Crippen molar-refractivity contribution in [2.24, 2.45) is 0 Å². The van der Waals surface area contributed by atoms with Crippen LogP contribution in [-0.4, -0.2) is 18.2 Å². The predicted octanol–water partition coefficient (Wildman–Crippen LogP) is 4.62. The van der Waals surface area contributed by atoms with Crippen LogP contribution in [0.5, 0.6) is 0 Å². The number of halogens is 1. The molecule has 1 aromatic rings. The molecule has 0 aromatic heterocycles. The average Bonchev–Trinajstić information content (AvgIpc) is 2.76. The minimum Gasteiger partial charge on any atom is -0.324 e. The van der Waals surface area contributed by atoms with Crippen LogP contribution in [0.1, 0.15) is 51.1 Å². The highest BCUT2D eigenvalue weighted by Gasteiger charge is 2.30. The van der Waals surface area contributed by atoms with E-state index in [1.165, 1.54) is 19.3 Å². The van der Waals surface area contributed by atoms with Crippen molar-refractivity contribution in [2.75, 3.05) is 17.6 Å². The van der Waals surface area contributed by atoms with Gasteiger partial charge >= 0.3 is 0 Å². The fourth-order valence-corrected chi connectivity index (χ4v) is 3.70. The summed E-state index contributed by atoms with van der Waals surface area (Å²) in [6, 6.07) is 3.68. The van der Waals surface area contributed by atoms with Crippen LogP contribution in [0.3, 0.4) is 0 Å². The number of fused-ring (bicyclic) bond motifs is 1. The van der Waals surface area contributed by atoms with E-state index < -0.39 is 0 Å². The van der Waals surface area contributed by atoms with E-state index in [0.29, 0.717) is 0 Å². The van der Waals surface area contributed by atoms with Gasteiger partial charge in [0.2, 0.25) is 5.91 Å². The fraction of sp³-hybridized carbons (Fsp3) is 0.562. The molecule has 1 aliphatic heterocycles. The summed E-state index contributed by atoms with van der Waals surface area (Å²) in [5.41, 5.74) is 1.87. The summed E-state index contributed by atoms with van der Waals surface area (Å²) in [6.45, 7) is 5.11. The zero-order valence-corrected chi connectivity index (χ0v) is 14.2. The Morgan fingerprint density at radius 3 is 2.81 bits per heavy atom. The number of benzene rings is 1. The molecule has 116 valence electrons.